The lowest BCUT2D eigenvalue weighted by atomic mass is 10.1. The van der Waals surface area contributed by atoms with Crippen LogP contribution in [0.5, 0.6) is 0 Å². The van der Waals surface area contributed by atoms with Crippen molar-refractivity contribution in [1.82, 2.24) is 46.5 Å². The molecule has 0 aliphatic rings. The summed E-state index contributed by atoms with van der Waals surface area (Å²) in [5, 5.41) is 43.5. The van der Waals surface area contributed by atoms with Crippen molar-refractivity contribution >= 4 is 41.3 Å². The lowest BCUT2D eigenvalue weighted by molar-refractivity contribution is -0.166. The first-order valence-electron chi connectivity index (χ1n) is 18.9. The minimum Gasteiger partial charge on any atom is -0.356 e. The fourth-order valence-electron chi connectivity index (χ4n) is 5.03. The lowest BCUT2D eigenvalue weighted by Gasteiger charge is -2.15. The highest BCUT2D eigenvalue weighted by atomic mass is 16.5. The van der Waals surface area contributed by atoms with E-state index in [9.17, 15) is 44.4 Å². The van der Waals surface area contributed by atoms with E-state index in [1.54, 1.807) is 36.7 Å². The van der Waals surface area contributed by atoms with Gasteiger partial charge in [-0.1, -0.05) is 12.1 Å². The van der Waals surface area contributed by atoms with Gasteiger partial charge in [0.1, 0.15) is 5.71 Å². The third-order valence-corrected chi connectivity index (χ3v) is 8.23. The highest BCUT2D eigenvalue weighted by Gasteiger charge is 2.15. The fourth-order valence-corrected chi connectivity index (χ4v) is 5.03. The Hall–Kier alpha value is -5.53. The number of rotatable bonds is 27. The van der Waals surface area contributed by atoms with Gasteiger partial charge in [0.2, 0.25) is 29.5 Å². The molecule has 7 N–H and O–H groups in total. The maximum absolute atomic E-state index is 12.3. The molecule has 7 amide bonds. The molecule has 0 fully saturated rings. The van der Waals surface area contributed by atoms with Gasteiger partial charge in [-0.3, -0.25) is 49.6 Å². The van der Waals surface area contributed by atoms with Crippen molar-refractivity contribution in [3.05, 3.63) is 60.2 Å². The van der Waals surface area contributed by atoms with Crippen LogP contribution in [0.1, 0.15) is 102 Å². The molecule has 0 saturated carbocycles. The lowest BCUT2D eigenvalue weighted by Crippen LogP contribution is -2.34. The van der Waals surface area contributed by atoms with Crippen LogP contribution in [0.15, 0.2) is 53.9 Å². The zero-order chi connectivity index (χ0) is 41.0. The maximum Gasteiger partial charge on any atom is 0.335 e. The van der Waals surface area contributed by atoms with Crippen LogP contribution in [0.25, 0.3) is 0 Å². The van der Waals surface area contributed by atoms with E-state index in [1.807, 2.05) is 12.1 Å². The third kappa shape index (κ3) is 20.8. The molecule has 0 spiro atoms. The number of hydroxylamine groups is 6. The molecule has 56 heavy (non-hydrogen) atoms. The van der Waals surface area contributed by atoms with Crippen LogP contribution in [-0.2, 0) is 24.0 Å². The van der Waals surface area contributed by atoms with Crippen molar-refractivity contribution in [2.75, 3.05) is 39.3 Å². The average Bonchev–Trinajstić information content (AvgIpc) is 3.20. The fraction of sp³-hybridized carbons (Fsp3) is 0.541. The Balaban J connectivity index is 1.46. The molecular weight excluding hydrogens is 728 g/mol. The third-order valence-electron chi connectivity index (χ3n) is 8.23. The van der Waals surface area contributed by atoms with Crippen LogP contribution in [0.3, 0.4) is 0 Å². The molecular formula is C37H56N10O9. The molecule has 0 radical (unpaired) electrons. The number of unbranched alkanes of at least 4 members (excludes halogenated alkanes) is 6. The molecule has 0 aliphatic heterocycles. The molecule has 0 atom stereocenters. The first-order valence-corrected chi connectivity index (χ1v) is 18.9. The van der Waals surface area contributed by atoms with Crippen molar-refractivity contribution in [2.24, 2.45) is 5.10 Å². The topological polar surface area (TPSA) is 259 Å². The predicted octanol–water partition coefficient (Wildman–Crippen LogP) is 2.51. The summed E-state index contributed by atoms with van der Waals surface area (Å²) in [6, 6.07) is 10.2. The second kappa shape index (κ2) is 28.0. The second-order valence-corrected chi connectivity index (χ2v) is 12.8. The van der Waals surface area contributed by atoms with E-state index >= 15 is 0 Å². The Morgan fingerprint density at radius 3 is 1.41 bits per heavy atom. The summed E-state index contributed by atoms with van der Waals surface area (Å²) in [6.45, 7) is 2.76. The SMILES string of the molecule is CC(=O)N(O)CCCCCNC(=O)CCC(=O)N(O)CCCCCNC(=O)CCC(=O)N(O)CCCCCNC(=O)NN=C(c1ccccn1)c1ccccn1. The summed E-state index contributed by atoms with van der Waals surface area (Å²) >= 11 is 0. The molecule has 19 heteroatoms. The highest BCUT2D eigenvalue weighted by Crippen LogP contribution is 2.06. The molecule has 0 saturated heterocycles. The van der Waals surface area contributed by atoms with E-state index in [0.717, 1.165) is 0 Å². The molecule has 19 nitrogen and oxygen atoms in total. The monoisotopic (exact) mass is 784 g/mol. The van der Waals surface area contributed by atoms with Gasteiger partial charge in [-0.05, 0) is 82.1 Å². The van der Waals surface area contributed by atoms with Gasteiger partial charge < -0.3 is 16.0 Å². The maximum atomic E-state index is 12.3. The summed E-state index contributed by atoms with van der Waals surface area (Å²) in [7, 11) is 0. The van der Waals surface area contributed by atoms with Crippen molar-refractivity contribution in [3.8, 4) is 0 Å². The number of hydrazone groups is 1. The number of hydrogen-bond acceptors (Lipinski definition) is 12. The van der Waals surface area contributed by atoms with Gasteiger partial charge in [-0.15, -0.1) is 0 Å². The number of nitrogens with one attached hydrogen (secondary N) is 4. The van der Waals surface area contributed by atoms with Crippen LogP contribution in [0, 0.1) is 0 Å². The molecule has 0 unspecified atom stereocenters. The van der Waals surface area contributed by atoms with E-state index < -0.39 is 23.8 Å². The minimum atomic E-state index is -0.574. The van der Waals surface area contributed by atoms with Crippen LogP contribution >= 0.6 is 0 Å². The molecule has 0 aromatic carbocycles. The number of amides is 7. The molecule has 2 rings (SSSR count). The normalized spacial score (nSPS) is 10.5. The molecule has 2 heterocycles. The largest absolute Gasteiger partial charge is 0.356 e. The molecule has 308 valence electrons. The van der Waals surface area contributed by atoms with Crippen molar-refractivity contribution in [2.45, 2.75) is 90.4 Å². The van der Waals surface area contributed by atoms with Gasteiger partial charge in [-0.2, -0.15) is 5.10 Å². The average molecular weight is 785 g/mol. The van der Waals surface area contributed by atoms with Gasteiger partial charge in [-0.25, -0.2) is 25.4 Å². The molecule has 0 bridgehead atoms. The molecule has 2 aromatic heterocycles. The van der Waals surface area contributed by atoms with Crippen molar-refractivity contribution in [3.63, 3.8) is 0 Å². The van der Waals surface area contributed by atoms with Gasteiger partial charge >= 0.3 is 6.03 Å². The molecule has 0 aliphatic carbocycles. The summed E-state index contributed by atoms with van der Waals surface area (Å²) in [5.74, 6) is -2.22. The Bertz CT molecular complexity index is 1490. The van der Waals surface area contributed by atoms with Gasteiger partial charge in [0.05, 0.1) is 11.4 Å². The Labute approximate surface area is 326 Å². The first-order chi connectivity index (χ1) is 27.0. The van der Waals surface area contributed by atoms with E-state index in [-0.39, 0.29) is 57.1 Å². The van der Waals surface area contributed by atoms with Gasteiger partial charge in [0, 0.05) is 84.3 Å². The van der Waals surface area contributed by atoms with Crippen LogP contribution in [0.4, 0.5) is 4.79 Å². The number of urea groups is 1. The smallest absolute Gasteiger partial charge is 0.335 e. The molecule has 2 aromatic rings. The Morgan fingerprint density at radius 2 is 1.00 bits per heavy atom. The second-order valence-electron chi connectivity index (χ2n) is 12.8. The number of hydrogen-bond donors (Lipinski definition) is 7. The van der Waals surface area contributed by atoms with Crippen molar-refractivity contribution < 1.29 is 44.4 Å². The number of carbonyl (C=O) groups excluding carboxylic acids is 6. The zero-order valence-electron chi connectivity index (χ0n) is 32.0. The van der Waals surface area contributed by atoms with Crippen LogP contribution < -0.4 is 21.4 Å². The first kappa shape index (κ1) is 46.6. The van der Waals surface area contributed by atoms with E-state index in [4.69, 9.17) is 0 Å². The number of aromatic nitrogens is 2. The quantitative estimate of drug-likeness (QED) is 0.0300. The Kier molecular flexibility index (Phi) is 23.3. The summed E-state index contributed by atoms with van der Waals surface area (Å²) in [5.41, 5.74) is 3.98. The van der Waals surface area contributed by atoms with Gasteiger partial charge in [0.25, 0.3) is 0 Å². The van der Waals surface area contributed by atoms with E-state index in [0.29, 0.717) is 110 Å². The van der Waals surface area contributed by atoms with Crippen LogP contribution in [0.2, 0.25) is 0 Å². The van der Waals surface area contributed by atoms with Crippen molar-refractivity contribution in [1.29, 1.82) is 0 Å². The number of nitrogens with zero attached hydrogens (tertiary/aromatic N) is 6. The summed E-state index contributed by atoms with van der Waals surface area (Å²) < 4.78 is 0. The summed E-state index contributed by atoms with van der Waals surface area (Å²) in [4.78, 5) is 80.2. The highest BCUT2D eigenvalue weighted by molar-refractivity contribution is 6.10. The van der Waals surface area contributed by atoms with Crippen LogP contribution in [-0.4, -0.2) is 121 Å². The van der Waals surface area contributed by atoms with E-state index in [1.165, 1.54) is 6.92 Å². The Morgan fingerprint density at radius 1 is 0.571 bits per heavy atom. The minimum absolute atomic E-state index is 0.0620. The standard InChI is InChI=1S/C37H56N10O9/c1-29(48)45(54)26-12-2-7-23-40-32(49)17-19-34(51)46(55)27-13-3-8-24-41-33(50)18-20-35(52)47(56)28-14-4-9-25-42-37(53)44-43-36(30-15-5-10-21-38-30)31-16-6-11-22-39-31/h5-6,10-11,15-16,21-22,54-56H,2-4,7-9,12-14,17-20,23-28H2,1H3,(H,40,49)(H,41,50)(H2,42,44,53). The number of carbonyl (C=O) groups is 6. The van der Waals surface area contributed by atoms with E-state index in [2.05, 4.69) is 36.4 Å². The predicted molar refractivity (Wildman–Crippen MR) is 203 cm³/mol. The summed E-state index contributed by atoms with van der Waals surface area (Å²) in [6.07, 6.45) is 8.14. The van der Waals surface area contributed by atoms with Gasteiger partial charge in [0.15, 0.2) is 0 Å². The zero-order valence-corrected chi connectivity index (χ0v) is 32.0. The number of pyridine rings is 2.